The number of hydrogen-bond donors (Lipinski definition) is 2. The van der Waals surface area contributed by atoms with Crippen molar-refractivity contribution in [2.24, 2.45) is 0 Å². The van der Waals surface area contributed by atoms with Gasteiger partial charge in [0.2, 0.25) is 0 Å². The predicted octanol–water partition coefficient (Wildman–Crippen LogP) is 1.81. The van der Waals surface area contributed by atoms with Crippen molar-refractivity contribution in [2.45, 2.75) is 64.0 Å². The lowest BCUT2D eigenvalue weighted by Crippen LogP contribution is -2.44. The molecule has 2 rings (SSSR count). The van der Waals surface area contributed by atoms with Gasteiger partial charge < -0.3 is 20.2 Å². The highest BCUT2D eigenvalue weighted by Gasteiger charge is 2.27. The summed E-state index contributed by atoms with van der Waals surface area (Å²) in [7, 11) is 0. The van der Waals surface area contributed by atoms with E-state index in [0.717, 1.165) is 51.4 Å². The second-order valence-electron chi connectivity index (χ2n) is 6.49. The van der Waals surface area contributed by atoms with E-state index in [0.29, 0.717) is 0 Å². The van der Waals surface area contributed by atoms with E-state index >= 15 is 0 Å². The summed E-state index contributed by atoms with van der Waals surface area (Å²) in [5.74, 6) is 0. The van der Waals surface area contributed by atoms with Crippen molar-refractivity contribution in [1.82, 2.24) is 15.1 Å². The Morgan fingerprint density at radius 3 is 2.81 bits per heavy atom. The third kappa shape index (κ3) is 4.85. The van der Waals surface area contributed by atoms with Crippen LogP contribution < -0.4 is 5.32 Å². The minimum absolute atomic E-state index is 0.00195. The number of carbonyl (C=O) groups is 1. The highest BCUT2D eigenvalue weighted by atomic mass is 16.3. The maximum Gasteiger partial charge on any atom is 0.317 e. The number of nitrogens with one attached hydrogen (secondary N) is 1. The standard InChI is InChI=1S/C16H31N3O2/c1-14-7-2-4-10-18(14)11-5-3-9-17-16(21)19-12-6-8-15(19)13-20/h14-15,20H,2-13H2,1H3,(H,17,21)/t14?,15-/m0/s1. The van der Waals surface area contributed by atoms with Crippen molar-refractivity contribution in [1.29, 1.82) is 0 Å². The van der Waals surface area contributed by atoms with Gasteiger partial charge in [-0.25, -0.2) is 4.79 Å². The van der Waals surface area contributed by atoms with Gasteiger partial charge in [0.05, 0.1) is 12.6 Å². The number of aliphatic hydroxyl groups is 1. The fraction of sp³-hybridized carbons (Fsp3) is 0.938. The summed E-state index contributed by atoms with van der Waals surface area (Å²) in [5.41, 5.74) is 0. The Morgan fingerprint density at radius 2 is 2.05 bits per heavy atom. The van der Waals surface area contributed by atoms with Crippen LogP contribution in [0.5, 0.6) is 0 Å². The predicted molar refractivity (Wildman–Crippen MR) is 84.3 cm³/mol. The highest BCUT2D eigenvalue weighted by molar-refractivity contribution is 5.74. The van der Waals surface area contributed by atoms with Crippen LogP contribution in [0, 0.1) is 0 Å². The number of carbonyl (C=O) groups excluding carboxylic acids is 1. The minimum atomic E-state index is -0.00195. The molecule has 0 bridgehead atoms. The summed E-state index contributed by atoms with van der Waals surface area (Å²) in [6, 6.07) is 0.750. The van der Waals surface area contributed by atoms with Crippen LogP contribution in [0.25, 0.3) is 0 Å². The Balaban J connectivity index is 1.56. The molecule has 2 amide bonds. The SMILES string of the molecule is CC1CCCCN1CCCCNC(=O)N1CCC[C@H]1CO. The molecule has 5 heteroatoms. The number of hydrogen-bond acceptors (Lipinski definition) is 3. The van der Waals surface area contributed by atoms with Gasteiger partial charge in [-0.15, -0.1) is 0 Å². The van der Waals surface area contributed by atoms with Gasteiger partial charge in [-0.1, -0.05) is 6.42 Å². The van der Waals surface area contributed by atoms with Crippen molar-refractivity contribution in [2.75, 3.05) is 32.8 Å². The molecule has 2 aliphatic rings. The maximum atomic E-state index is 12.0. The summed E-state index contributed by atoms with van der Waals surface area (Å²) in [5, 5.41) is 12.2. The molecule has 0 aromatic carbocycles. The van der Waals surface area contributed by atoms with Crippen LogP contribution in [0.4, 0.5) is 4.79 Å². The van der Waals surface area contributed by atoms with E-state index in [1.54, 1.807) is 4.90 Å². The highest BCUT2D eigenvalue weighted by Crippen LogP contribution is 2.17. The van der Waals surface area contributed by atoms with Crippen LogP contribution in [0.3, 0.4) is 0 Å². The Bertz CT molecular complexity index is 325. The summed E-state index contributed by atoms with van der Waals surface area (Å²) < 4.78 is 0. The normalized spacial score (nSPS) is 27.0. The topological polar surface area (TPSA) is 55.8 Å². The second-order valence-corrected chi connectivity index (χ2v) is 6.49. The quantitative estimate of drug-likeness (QED) is 0.735. The van der Waals surface area contributed by atoms with E-state index < -0.39 is 0 Å². The number of piperidine rings is 1. The number of nitrogens with zero attached hydrogens (tertiary/aromatic N) is 2. The Kier molecular flexibility index (Phi) is 6.77. The monoisotopic (exact) mass is 297 g/mol. The molecular weight excluding hydrogens is 266 g/mol. The lowest BCUT2D eigenvalue weighted by atomic mass is 10.0. The first-order valence-corrected chi connectivity index (χ1v) is 8.61. The third-order valence-electron chi connectivity index (χ3n) is 4.94. The largest absolute Gasteiger partial charge is 0.394 e. The van der Waals surface area contributed by atoms with E-state index in [1.807, 2.05) is 0 Å². The zero-order valence-electron chi connectivity index (χ0n) is 13.4. The fourth-order valence-electron chi connectivity index (χ4n) is 3.52. The van der Waals surface area contributed by atoms with Crippen molar-refractivity contribution in [3.05, 3.63) is 0 Å². The average Bonchev–Trinajstić information content (AvgIpc) is 2.97. The molecule has 0 aromatic heterocycles. The Morgan fingerprint density at radius 1 is 1.19 bits per heavy atom. The Hall–Kier alpha value is -0.810. The van der Waals surface area contributed by atoms with E-state index in [-0.39, 0.29) is 18.7 Å². The van der Waals surface area contributed by atoms with Crippen LogP contribution in [0.1, 0.15) is 51.9 Å². The molecule has 1 unspecified atom stereocenters. The van der Waals surface area contributed by atoms with Gasteiger partial charge in [-0.05, 0) is 58.5 Å². The zero-order chi connectivity index (χ0) is 15.1. The number of rotatable bonds is 6. The summed E-state index contributed by atoms with van der Waals surface area (Å²) in [4.78, 5) is 16.4. The fourth-order valence-corrected chi connectivity index (χ4v) is 3.52. The van der Waals surface area contributed by atoms with Crippen LogP contribution in [0.15, 0.2) is 0 Å². The van der Waals surface area contributed by atoms with Gasteiger partial charge in [-0.2, -0.15) is 0 Å². The summed E-state index contributed by atoms with van der Waals surface area (Å²) >= 11 is 0. The van der Waals surface area contributed by atoms with Crippen molar-refractivity contribution < 1.29 is 9.90 Å². The first-order valence-electron chi connectivity index (χ1n) is 8.61. The van der Waals surface area contributed by atoms with Crippen molar-refractivity contribution in [3.8, 4) is 0 Å². The van der Waals surface area contributed by atoms with E-state index in [2.05, 4.69) is 17.1 Å². The van der Waals surface area contributed by atoms with Gasteiger partial charge in [0.15, 0.2) is 0 Å². The molecule has 0 aliphatic carbocycles. The van der Waals surface area contributed by atoms with E-state index in [4.69, 9.17) is 0 Å². The first-order chi connectivity index (χ1) is 10.2. The molecule has 5 nitrogen and oxygen atoms in total. The first kappa shape index (κ1) is 16.6. The van der Waals surface area contributed by atoms with E-state index in [9.17, 15) is 9.90 Å². The Labute approximate surface area is 128 Å². The van der Waals surface area contributed by atoms with Crippen LogP contribution in [-0.2, 0) is 0 Å². The summed E-state index contributed by atoms with van der Waals surface area (Å²) in [6.45, 7) is 6.32. The number of unbranched alkanes of at least 4 members (excludes halogenated alkanes) is 1. The zero-order valence-corrected chi connectivity index (χ0v) is 13.4. The molecule has 0 radical (unpaired) electrons. The number of likely N-dealkylation sites (tertiary alicyclic amines) is 2. The van der Waals surface area contributed by atoms with Crippen LogP contribution >= 0.6 is 0 Å². The smallest absolute Gasteiger partial charge is 0.317 e. The van der Waals surface area contributed by atoms with Crippen molar-refractivity contribution >= 4 is 6.03 Å². The number of urea groups is 1. The lowest BCUT2D eigenvalue weighted by molar-refractivity contribution is 0.153. The van der Waals surface area contributed by atoms with Gasteiger partial charge >= 0.3 is 6.03 Å². The molecule has 2 heterocycles. The molecule has 2 atom stereocenters. The van der Waals surface area contributed by atoms with Crippen LogP contribution in [0.2, 0.25) is 0 Å². The molecule has 2 N–H and O–H groups in total. The molecule has 0 aromatic rings. The number of amides is 2. The van der Waals surface area contributed by atoms with Gasteiger partial charge in [0.1, 0.15) is 0 Å². The van der Waals surface area contributed by atoms with E-state index in [1.165, 1.54) is 25.8 Å². The lowest BCUT2D eigenvalue weighted by Gasteiger charge is -2.33. The molecule has 122 valence electrons. The van der Waals surface area contributed by atoms with Gasteiger partial charge in [0.25, 0.3) is 0 Å². The molecule has 2 fully saturated rings. The van der Waals surface area contributed by atoms with Gasteiger partial charge in [0, 0.05) is 19.1 Å². The second kappa shape index (κ2) is 8.59. The average molecular weight is 297 g/mol. The van der Waals surface area contributed by atoms with Gasteiger partial charge in [-0.3, -0.25) is 0 Å². The molecule has 0 spiro atoms. The maximum absolute atomic E-state index is 12.0. The number of aliphatic hydroxyl groups excluding tert-OH is 1. The minimum Gasteiger partial charge on any atom is -0.394 e. The molecular formula is C16H31N3O2. The third-order valence-corrected chi connectivity index (χ3v) is 4.94. The molecule has 2 aliphatic heterocycles. The summed E-state index contributed by atoms with van der Waals surface area (Å²) in [6.07, 6.45) is 8.14. The molecule has 21 heavy (non-hydrogen) atoms. The molecule has 0 saturated carbocycles. The van der Waals surface area contributed by atoms with Crippen LogP contribution in [-0.4, -0.2) is 65.8 Å². The molecule has 2 saturated heterocycles. The van der Waals surface area contributed by atoms with Crippen molar-refractivity contribution in [3.63, 3.8) is 0 Å².